The molecule has 0 aliphatic carbocycles. The second-order valence-corrected chi connectivity index (χ2v) is 7.80. The molecule has 0 saturated carbocycles. The van der Waals surface area contributed by atoms with Crippen LogP contribution in [-0.2, 0) is 11.2 Å². The summed E-state index contributed by atoms with van der Waals surface area (Å²) in [5, 5.41) is 5.65. The Morgan fingerprint density at radius 1 is 1.17 bits per heavy atom. The van der Waals surface area contributed by atoms with Gasteiger partial charge in [0.15, 0.2) is 0 Å². The minimum Gasteiger partial charge on any atom is -0.342 e. The van der Waals surface area contributed by atoms with Crippen molar-refractivity contribution in [1.82, 2.24) is 15.1 Å². The van der Waals surface area contributed by atoms with Gasteiger partial charge in [0.1, 0.15) is 0 Å². The van der Waals surface area contributed by atoms with Crippen LogP contribution in [0.5, 0.6) is 0 Å². The number of thiophene rings is 1. The maximum Gasteiger partial charge on any atom is 0.236 e. The van der Waals surface area contributed by atoms with Gasteiger partial charge in [-0.3, -0.25) is 4.79 Å². The Bertz CT molecular complexity index is 463. The Kier molecular flexibility index (Phi) is 6.48. The van der Waals surface area contributed by atoms with Gasteiger partial charge >= 0.3 is 0 Å². The van der Waals surface area contributed by atoms with Crippen LogP contribution in [0.3, 0.4) is 0 Å². The number of hydrogen-bond donors (Lipinski definition) is 1. The van der Waals surface area contributed by atoms with Gasteiger partial charge in [0.2, 0.25) is 5.91 Å². The van der Waals surface area contributed by atoms with Crippen molar-refractivity contribution in [3.63, 3.8) is 0 Å². The van der Waals surface area contributed by atoms with Crippen LogP contribution >= 0.6 is 11.3 Å². The van der Waals surface area contributed by atoms with Crippen molar-refractivity contribution in [2.75, 3.05) is 39.3 Å². The number of hydrogen-bond acceptors (Lipinski definition) is 4. The number of amides is 1. The first-order chi connectivity index (χ1) is 11.3. The second kappa shape index (κ2) is 8.81. The van der Waals surface area contributed by atoms with Gasteiger partial charge in [-0.2, -0.15) is 0 Å². The molecule has 0 aromatic carbocycles. The molecule has 4 nitrogen and oxygen atoms in total. The lowest BCUT2D eigenvalue weighted by Crippen LogP contribution is -2.47. The van der Waals surface area contributed by atoms with Crippen LogP contribution in [0.15, 0.2) is 17.5 Å². The highest BCUT2D eigenvalue weighted by atomic mass is 32.1. The van der Waals surface area contributed by atoms with E-state index < -0.39 is 0 Å². The minimum absolute atomic E-state index is 0.296. The van der Waals surface area contributed by atoms with E-state index in [-0.39, 0.29) is 0 Å². The predicted octanol–water partition coefficient (Wildman–Crippen LogP) is 2.36. The fraction of sp³-hybridized carbons (Fsp3) is 0.722. The highest BCUT2D eigenvalue weighted by molar-refractivity contribution is 7.09. The second-order valence-electron chi connectivity index (χ2n) is 6.77. The molecule has 1 aromatic heterocycles. The summed E-state index contributed by atoms with van der Waals surface area (Å²) in [5.74, 6) is 0.296. The van der Waals surface area contributed by atoms with Crippen LogP contribution in [0.2, 0.25) is 0 Å². The molecule has 1 aromatic rings. The van der Waals surface area contributed by atoms with Crippen LogP contribution in [0.25, 0.3) is 0 Å². The molecule has 2 aliphatic rings. The van der Waals surface area contributed by atoms with Crippen LogP contribution in [0.1, 0.15) is 37.0 Å². The zero-order chi connectivity index (χ0) is 15.9. The third-order valence-corrected chi connectivity index (χ3v) is 6.03. The Morgan fingerprint density at radius 2 is 1.96 bits per heavy atom. The molecule has 2 saturated heterocycles. The number of carbonyl (C=O) groups is 1. The molecular weight excluding hydrogens is 306 g/mol. The number of rotatable bonds is 6. The van der Waals surface area contributed by atoms with Gasteiger partial charge in [0.25, 0.3) is 0 Å². The normalized spacial score (nSPS) is 20.8. The van der Waals surface area contributed by atoms with E-state index in [2.05, 4.69) is 27.7 Å². The van der Waals surface area contributed by atoms with Gasteiger partial charge in [-0.1, -0.05) is 6.07 Å². The monoisotopic (exact) mass is 335 g/mol. The van der Waals surface area contributed by atoms with Crippen molar-refractivity contribution in [3.8, 4) is 0 Å². The average Bonchev–Trinajstić information content (AvgIpc) is 3.13. The fourth-order valence-corrected chi connectivity index (χ4v) is 4.27. The Labute approximate surface area is 143 Å². The van der Waals surface area contributed by atoms with Gasteiger partial charge in [-0.05, 0) is 63.1 Å². The molecule has 128 valence electrons. The summed E-state index contributed by atoms with van der Waals surface area (Å²) >= 11 is 1.86. The summed E-state index contributed by atoms with van der Waals surface area (Å²) in [6.07, 6.45) is 7.13. The lowest BCUT2D eigenvalue weighted by atomic mass is 10.0. The van der Waals surface area contributed by atoms with E-state index >= 15 is 0 Å². The van der Waals surface area contributed by atoms with E-state index in [0.717, 1.165) is 39.0 Å². The molecule has 2 fully saturated rings. The fourth-order valence-electron chi connectivity index (χ4n) is 3.57. The summed E-state index contributed by atoms with van der Waals surface area (Å²) < 4.78 is 0. The lowest BCUT2D eigenvalue weighted by Gasteiger charge is -2.33. The van der Waals surface area contributed by atoms with E-state index in [0.29, 0.717) is 18.5 Å². The lowest BCUT2D eigenvalue weighted by molar-refractivity contribution is -0.131. The van der Waals surface area contributed by atoms with Gasteiger partial charge in [0.05, 0.1) is 6.54 Å². The van der Waals surface area contributed by atoms with Crippen LogP contribution < -0.4 is 5.32 Å². The number of nitrogens with zero attached hydrogens (tertiary/aromatic N) is 2. The zero-order valence-electron chi connectivity index (χ0n) is 14.0. The van der Waals surface area contributed by atoms with Crippen molar-refractivity contribution in [3.05, 3.63) is 22.4 Å². The van der Waals surface area contributed by atoms with Crippen molar-refractivity contribution < 1.29 is 4.79 Å². The smallest absolute Gasteiger partial charge is 0.236 e. The van der Waals surface area contributed by atoms with Gasteiger partial charge in [0, 0.05) is 30.6 Å². The molecule has 0 unspecified atom stereocenters. The van der Waals surface area contributed by atoms with E-state index in [9.17, 15) is 4.79 Å². The van der Waals surface area contributed by atoms with Gasteiger partial charge < -0.3 is 15.1 Å². The third kappa shape index (κ3) is 5.30. The molecule has 0 bridgehead atoms. The van der Waals surface area contributed by atoms with E-state index in [1.165, 1.54) is 37.1 Å². The standard InChI is InChI=1S/C18H29N3OS/c22-18(21-9-2-1-3-10-21)15-19-16-6-11-20(12-7-16)13-8-17-5-4-14-23-17/h4-5,14,16,19H,1-3,6-13,15H2. The Balaban J connectivity index is 1.30. The molecule has 23 heavy (non-hydrogen) atoms. The third-order valence-electron chi connectivity index (χ3n) is 5.09. The molecular formula is C18H29N3OS. The van der Waals surface area contributed by atoms with Gasteiger partial charge in [-0.15, -0.1) is 11.3 Å². The van der Waals surface area contributed by atoms with Gasteiger partial charge in [-0.25, -0.2) is 0 Å². The molecule has 5 heteroatoms. The van der Waals surface area contributed by atoms with Crippen molar-refractivity contribution >= 4 is 17.2 Å². The molecule has 0 atom stereocenters. The molecule has 1 N–H and O–H groups in total. The van der Waals surface area contributed by atoms with Crippen LogP contribution in [-0.4, -0.2) is 61.0 Å². The predicted molar refractivity (Wildman–Crippen MR) is 95.9 cm³/mol. The Hall–Kier alpha value is -0.910. The molecule has 3 rings (SSSR count). The van der Waals surface area contributed by atoms with Crippen molar-refractivity contribution in [1.29, 1.82) is 0 Å². The minimum atomic E-state index is 0.296. The Morgan fingerprint density at radius 3 is 2.65 bits per heavy atom. The van der Waals surface area contributed by atoms with Crippen LogP contribution in [0, 0.1) is 0 Å². The van der Waals surface area contributed by atoms with E-state index in [1.807, 2.05) is 16.2 Å². The first-order valence-corrected chi connectivity index (χ1v) is 9.95. The van der Waals surface area contributed by atoms with Crippen molar-refractivity contribution in [2.45, 2.75) is 44.6 Å². The molecule has 0 spiro atoms. The van der Waals surface area contributed by atoms with Crippen molar-refractivity contribution in [2.24, 2.45) is 0 Å². The van der Waals surface area contributed by atoms with Crippen LogP contribution in [0.4, 0.5) is 0 Å². The largest absolute Gasteiger partial charge is 0.342 e. The number of likely N-dealkylation sites (tertiary alicyclic amines) is 2. The van der Waals surface area contributed by atoms with E-state index in [4.69, 9.17) is 0 Å². The molecule has 0 radical (unpaired) electrons. The van der Waals surface area contributed by atoms with E-state index in [1.54, 1.807) is 0 Å². The SMILES string of the molecule is O=C(CNC1CCN(CCc2cccs2)CC1)N1CCCCC1. The number of carbonyl (C=O) groups excluding carboxylic acids is 1. The summed E-state index contributed by atoms with van der Waals surface area (Å²) in [6.45, 7) is 5.92. The molecule has 1 amide bonds. The summed E-state index contributed by atoms with van der Waals surface area (Å²) in [7, 11) is 0. The highest BCUT2D eigenvalue weighted by Gasteiger charge is 2.21. The molecule has 3 heterocycles. The maximum absolute atomic E-state index is 12.2. The topological polar surface area (TPSA) is 35.6 Å². The maximum atomic E-state index is 12.2. The first kappa shape index (κ1) is 16.9. The highest BCUT2D eigenvalue weighted by Crippen LogP contribution is 2.14. The number of piperidine rings is 2. The summed E-state index contributed by atoms with van der Waals surface area (Å²) in [6, 6.07) is 4.88. The summed E-state index contributed by atoms with van der Waals surface area (Å²) in [4.78, 5) is 18.3. The zero-order valence-corrected chi connectivity index (χ0v) is 14.8. The summed E-state index contributed by atoms with van der Waals surface area (Å²) in [5.41, 5.74) is 0. The molecule has 2 aliphatic heterocycles. The average molecular weight is 336 g/mol. The number of nitrogens with one attached hydrogen (secondary N) is 1. The quantitative estimate of drug-likeness (QED) is 0.867. The first-order valence-electron chi connectivity index (χ1n) is 9.07.